The molecule has 7 aliphatic rings. The van der Waals surface area contributed by atoms with Crippen LogP contribution in [0.1, 0.15) is 87.5 Å². The molecule has 0 spiro atoms. The van der Waals surface area contributed by atoms with E-state index in [4.69, 9.17) is 23.7 Å². The fourth-order valence-corrected chi connectivity index (χ4v) is 11.1. The maximum Gasteiger partial charge on any atom is 0.334 e. The van der Waals surface area contributed by atoms with Crippen LogP contribution < -0.4 is 0 Å². The predicted molar refractivity (Wildman–Crippen MR) is 161 cm³/mol. The zero-order chi connectivity index (χ0) is 32.5. The van der Waals surface area contributed by atoms with Crippen molar-refractivity contribution in [3.8, 4) is 0 Å². The first-order chi connectivity index (χ1) is 21.0. The molecule has 1 saturated heterocycles. The van der Waals surface area contributed by atoms with Gasteiger partial charge in [0.25, 0.3) is 0 Å². The summed E-state index contributed by atoms with van der Waals surface area (Å²) >= 11 is 0. The Morgan fingerprint density at radius 2 is 1.69 bits per heavy atom. The smallest absolute Gasteiger partial charge is 0.334 e. The second kappa shape index (κ2) is 9.55. The van der Waals surface area contributed by atoms with E-state index in [1.54, 1.807) is 13.0 Å². The average Bonchev–Trinajstić information content (AvgIpc) is 3.70. The lowest BCUT2D eigenvalue weighted by atomic mass is 9.46. The summed E-state index contributed by atoms with van der Waals surface area (Å²) in [6, 6.07) is 0. The highest BCUT2D eigenvalue weighted by Gasteiger charge is 2.84. The van der Waals surface area contributed by atoms with Crippen LogP contribution in [-0.4, -0.2) is 59.5 Å². The van der Waals surface area contributed by atoms with Crippen molar-refractivity contribution in [1.29, 1.82) is 0 Å². The van der Waals surface area contributed by atoms with Gasteiger partial charge in [-0.3, -0.25) is 4.79 Å². The third-order valence-corrected chi connectivity index (χ3v) is 13.0. The van der Waals surface area contributed by atoms with Crippen molar-refractivity contribution in [2.45, 2.75) is 123 Å². The third-order valence-electron chi connectivity index (χ3n) is 13.0. The van der Waals surface area contributed by atoms with Gasteiger partial charge in [0.2, 0.25) is 0 Å². The monoisotopic (exact) mass is 622 g/mol. The van der Waals surface area contributed by atoms with Crippen molar-refractivity contribution in [2.75, 3.05) is 0 Å². The summed E-state index contributed by atoms with van der Waals surface area (Å²) < 4.78 is 30.3. The number of carbonyl (C=O) groups is 4. The molecule has 0 N–H and O–H groups in total. The lowest BCUT2D eigenvalue weighted by Crippen LogP contribution is -2.63. The standard InChI is InChI=1S/C36H46O9/c1-9-18(2)30(39)43-24-16-36-17-35(36,13-10-21(36)20-14-23(42-31(20)40)29-33(6,7)45-29)28-22(41-19(3)37)15-25-32(4,5)44-26(38)11-12-34(25,8)27(24)28/h9,11-12,14,21-25,27-29H,10,13,15-17H2,1-8H3/b18-9+/t21-,22+,23?,24+,25-,27-,28+,29?,34-,35+,36+/m0/s1. The highest BCUT2D eigenvalue weighted by Crippen LogP contribution is 2.87. The molecule has 9 heteroatoms. The molecule has 11 atom stereocenters. The summed E-state index contributed by atoms with van der Waals surface area (Å²) in [6.07, 6.45) is 9.27. The van der Waals surface area contributed by atoms with Crippen molar-refractivity contribution < 1.29 is 42.9 Å². The number of ether oxygens (including phenoxy) is 5. The van der Waals surface area contributed by atoms with Crippen LogP contribution >= 0.6 is 0 Å². The van der Waals surface area contributed by atoms with E-state index in [9.17, 15) is 19.2 Å². The fraction of sp³-hybridized carbons (Fsp3) is 0.722. The maximum atomic E-state index is 13.5. The number of carbonyl (C=O) groups excluding carboxylic acids is 4. The Labute approximate surface area is 265 Å². The largest absolute Gasteiger partial charge is 0.462 e. The van der Waals surface area contributed by atoms with Crippen LogP contribution in [0.4, 0.5) is 0 Å². The first-order valence-corrected chi connectivity index (χ1v) is 16.5. The zero-order valence-electron chi connectivity index (χ0n) is 27.6. The predicted octanol–water partition coefficient (Wildman–Crippen LogP) is 5.17. The van der Waals surface area contributed by atoms with Crippen molar-refractivity contribution in [3.63, 3.8) is 0 Å². The van der Waals surface area contributed by atoms with Crippen molar-refractivity contribution in [2.24, 2.45) is 39.9 Å². The van der Waals surface area contributed by atoms with Crippen LogP contribution in [0, 0.1) is 39.9 Å². The van der Waals surface area contributed by atoms with Gasteiger partial charge >= 0.3 is 23.9 Å². The Morgan fingerprint density at radius 1 is 0.978 bits per heavy atom. The second-order valence-corrected chi connectivity index (χ2v) is 16.0. The lowest BCUT2D eigenvalue weighted by Gasteiger charge is -2.61. The number of cyclic esters (lactones) is 2. The molecule has 9 nitrogen and oxygen atoms in total. The average molecular weight is 623 g/mol. The van der Waals surface area contributed by atoms with Gasteiger partial charge in [0, 0.05) is 41.9 Å². The molecular formula is C36H46O9. The molecule has 0 radical (unpaired) electrons. The Balaban J connectivity index is 1.34. The number of epoxide rings is 1. The third kappa shape index (κ3) is 4.27. The minimum atomic E-state index is -0.855. The lowest BCUT2D eigenvalue weighted by molar-refractivity contribution is -0.217. The molecule has 0 amide bonds. The molecule has 3 aliphatic heterocycles. The summed E-state index contributed by atoms with van der Waals surface area (Å²) in [5.41, 5.74) is -1.07. The first-order valence-electron chi connectivity index (χ1n) is 16.5. The number of esters is 4. The summed E-state index contributed by atoms with van der Waals surface area (Å²) in [6.45, 7) is 15.0. The molecule has 0 aromatic carbocycles. The fourth-order valence-electron chi connectivity index (χ4n) is 11.1. The highest BCUT2D eigenvalue weighted by atomic mass is 16.6. The number of allylic oxidation sites excluding steroid dienone is 2. The quantitative estimate of drug-likeness (QED) is 0.177. The maximum absolute atomic E-state index is 13.5. The number of hydrogen-bond acceptors (Lipinski definition) is 9. The topological polar surface area (TPSA) is 118 Å². The zero-order valence-corrected chi connectivity index (χ0v) is 27.6. The number of fused-ring (bicyclic) bond motifs is 3. The Morgan fingerprint density at radius 3 is 2.33 bits per heavy atom. The molecule has 4 aliphatic carbocycles. The molecule has 3 heterocycles. The minimum absolute atomic E-state index is 0.0589. The van der Waals surface area contributed by atoms with Gasteiger partial charge in [-0.05, 0) is 102 Å². The van der Waals surface area contributed by atoms with Crippen LogP contribution in [0.5, 0.6) is 0 Å². The van der Waals surface area contributed by atoms with Gasteiger partial charge in [0.05, 0.1) is 5.60 Å². The van der Waals surface area contributed by atoms with Crippen LogP contribution in [0.15, 0.2) is 35.5 Å². The van der Waals surface area contributed by atoms with E-state index >= 15 is 0 Å². The van der Waals surface area contributed by atoms with Gasteiger partial charge < -0.3 is 23.7 Å². The van der Waals surface area contributed by atoms with Crippen molar-refractivity contribution in [3.05, 3.63) is 35.5 Å². The molecule has 45 heavy (non-hydrogen) atoms. The molecule has 0 aromatic heterocycles. The van der Waals surface area contributed by atoms with Crippen LogP contribution in [-0.2, 0) is 42.9 Å². The van der Waals surface area contributed by atoms with E-state index in [1.807, 2.05) is 46.8 Å². The van der Waals surface area contributed by atoms with Crippen molar-refractivity contribution in [1.82, 2.24) is 0 Å². The van der Waals surface area contributed by atoms with E-state index in [2.05, 4.69) is 6.92 Å². The molecule has 244 valence electrons. The highest BCUT2D eigenvalue weighted by molar-refractivity contribution is 5.92. The molecule has 0 aromatic rings. The molecule has 4 saturated carbocycles. The Bertz CT molecular complexity index is 1470. The Hall–Kier alpha value is -2.94. The summed E-state index contributed by atoms with van der Waals surface area (Å²) in [5.74, 6) is -2.08. The van der Waals surface area contributed by atoms with Gasteiger partial charge in [-0.25, -0.2) is 14.4 Å². The second-order valence-electron chi connectivity index (χ2n) is 16.0. The van der Waals surface area contributed by atoms with Crippen molar-refractivity contribution >= 4 is 23.9 Å². The van der Waals surface area contributed by atoms with E-state index in [0.717, 1.165) is 19.3 Å². The summed E-state index contributed by atoms with van der Waals surface area (Å²) in [5, 5.41) is 0. The molecule has 5 fully saturated rings. The molecule has 0 bridgehead atoms. The van der Waals surface area contributed by atoms with Gasteiger partial charge in [0.15, 0.2) is 6.10 Å². The summed E-state index contributed by atoms with van der Waals surface area (Å²) in [7, 11) is 0. The van der Waals surface area contributed by atoms with Crippen LogP contribution in [0.3, 0.4) is 0 Å². The molecule has 7 rings (SSSR count). The summed E-state index contributed by atoms with van der Waals surface area (Å²) in [4.78, 5) is 52.5. The van der Waals surface area contributed by atoms with Crippen LogP contribution in [0.25, 0.3) is 0 Å². The van der Waals surface area contributed by atoms with Crippen LogP contribution in [0.2, 0.25) is 0 Å². The normalized spacial score (nSPS) is 46.7. The van der Waals surface area contributed by atoms with Gasteiger partial charge in [0.1, 0.15) is 23.9 Å². The van der Waals surface area contributed by atoms with E-state index in [-0.39, 0.29) is 64.1 Å². The minimum Gasteiger partial charge on any atom is -0.462 e. The van der Waals surface area contributed by atoms with E-state index in [0.29, 0.717) is 24.0 Å². The van der Waals surface area contributed by atoms with E-state index in [1.165, 1.54) is 13.0 Å². The van der Waals surface area contributed by atoms with Gasteiger partial charge in [-0.15, -0.1) is 0 Å². The molecule has 2 unspecified atom stereocenters. The molecular weight excluding hydrogens is 576 g/mol. The first kappa shape index (κ1) is 30.7. The Kier molecular flexibility index (Phi) is 6.52. The van der Waals surface area contributed by atoms with Gasteiger partial charge in [-0.2, -0.15) is 0 Å². The SMILES string of the molecule is C/C=C(\C)C(=O)O[C@@H]1C[C@]23C[C@]2(CC[C@H]3C2=CC(C3OC3(C)C)OC2=O)[C@H]2[C@H]1[C@@]1(C)C=CC(=O)OC(C)(C)[C@@H]1C[C@H]2OC(C)=O. The van der Waals surface area contributed by atoms with E-state index < -0.39 is 35.3 Å². The van der Waals surface area contributed by atoms with Gasteiger partial charge in [-0.1, -0.05) is 19.1 Å². The number of rotatable bonds is 5. The number of hydrogen-bond donors (Lipinski definition) is 0.